The molecule has 0 radical (unpaired) electrons. The van der Waals surface area contributed by atoms with Crippen LogP contribution in [0.15, 0.2) is 36.4 Å². The summed E-state index contributed by atoms with van der Waals surface area (Å²) in [5, 5.41) is 10.1. The minimum Gasteiger partial charge on any atom is -0.384 e. The largest absolute Gasteiger partial charge is 0.416 e. The van der Waals surface area contributed by atoms with E-state index in [0.29, 0.717) is 11.6 Å². The van der Waals surface area contributed by atoms with E-state index in [1.807, 2.05) is 0 Å². The first-order valence-corrected chi connectivity index (χ1v) is 6.01. The van der Waals surface area contributed by atoms with Gasteiger partial charge in [0.15, 0.2) is 0 Å². The molecule has 0 amide bonds. The highest BCUT2D eigenvalue weighted by Gasteiger charge is 2.36. The van der Waals surface area contributed by atoms with Crippen LogP contribution >= 0.6 is 0 Å². The van der Waals surface area contributed by atoms with Gasteiger partial charge in [-0.2, -0.15) is 13.2 Å². The summed E-state index contributed by atoms with van der Waals surface area (Å²) in [5.74, 6) is -1.74. The van der Waals surface area contributed by atoms with Gasteiger partial charge >= 0.3 is 6.18 Å². The van der Waals surface area contributed by atoms with E-state index in [1.54, 1.807) is 0 Å². The minimum atomic E-state index is -4.82. The Morgan fingerprint density at radius 3 is 2.10 bits per heavy atom. The van der Waals surface area contributed by atoms with E-state index < -0.39 is 35.0 Å². The fourth-order valence-corrected chi connectivity index (χ4v) is 2.09. The van der Waals surface area contributed by atoms with Crippen LogP contribution in [0, 0.1) is 18.6 Å². The zero-order valence-corrected chi connectivity index (χ0v) is 10.9. The van der Waals surface area contributed by atoms with Gasteiger partial charge in [0.05, 0.1) is 5.56 Å². The molecule has 21 heavy (non-hydrogen) atoms. The van der Waals surface area contributed by atoms with Gasteiger partial charge in [0, 0.05) is 0 Å². The van der Waals surface area contributed by atoms with Crippen molar-refractivity contribution in [3.05, 3.63) is 70.3 Å². The Morgan fingerprint density at radius 2 is 1.48 bits per heavy atom. The maximum Gasteiger partial charge on any atom is 0.416 e. The molecule has 112 valence electrons. The van der Waals surface area contributed by atoms with Crippen molar-refractivity contribution in [3.8, 4) is 0 Å². The van der Waals surface area contributed by atoms with Gasteiger partial charge < -0.3 is 5.11 Å². The predicted octanol–water partition coefficient (Wildman–Crippen LogP) is 4.37. The molecule has 0 aliphatic rings. The molecule has 0 aromatic heterocycles. The first-order valence-electron chi connectivity index (χ1n) is 6.01. The van der Waals surface area contributed by atoms with E-state index in [0.717, 1.165) is 24.3 Å². The van der Waals surface area contributed by atoms with Gasteiger partial charge in [-0.05, 0) is 47.9 Å². The van der Waals surface area contributed by atoms with Gasteiger partial charge in [-0.25, -0.2) is 8.78 Å². The van der Waals surface area contributed by atoms with Crippen LogP contribution in [-0.4, -0.2) is 5.11 Å². The van der Waals surface area contributed by atoms with Crippen molar-refractivity contribution < 1.29 is 27.1 Å². The summed E-state index contributed by atoms with van der Waals surface area (Å²) < 4.78 is 65.1. The third-order valence-corrected chi connectivity index (χ3v) is 3.15. The van der Waals surface area contributed by atoms with Crippen LogP contribution in [0.2, 0.25) is 0 Å². The summed E-state index contributed by atoms with van der Waals surface area (Å²) in [7, 11) is 0. The Labute approximate surface area is 117 Å². The number of halogens is 5. The molecule has 0 fully saturated rings. The topological polar surface area (TPSA) is 20.2 Å². The molecule has 0 bridgehead atoms. The molecule has 1 N–H and O–H groups in total. The first-order chi connectivity index (χ1) is 9.70. The van der Waals surface area contributed by atoms with Crippen molar-refractivity contribution in [2.45, 2.75) is 19.2 Å². The molecule has 1 unspecified atom stereocenters. The predicted molar refractivity (Wildman–Crippen MR) is 66.6 cm³/mol. The van der Waals surface area contributed by atoms with E-state index in [-0.39, 0.29) is 5.56 Å². The van der Waals surface area contributed by atoms with E-state index in [9.17, 15) is 27.1 Å². The van der Waals surface area contributed by atoms with Crippen LogP contribution in [0.4, 0.5) is 22.0 Å². The van der Waals surface area contributed by atoms with Gasteiger partial charge in [-0.3, -0.25) is 0 Å². The molecule has 1 nitrogen and oxygen atoms in total. The van der Waals surface area contributed by atoms with Crippen LogP contribution in [-0.2, 0) is 6.18 Å². The maximum absolute atomic E-state index is 13.2. The summed E-state index contributed by atoms with van der Waals surface area (Å²) in [6.45, 7) is 1.54. The fraction of sp³-hybridized carbons (Fsp3) is 0.200. The summed E-state index contributed by atoms with van der Waals surface area (Å²) in [6, 6.07) is 5.44. The molecule has 6 heteroatoms. The number of alkyl halides is 3. The normalized spacial score (nSPS) is 13.3. The SMILES string of the molecule is Cc1ccc(F)cc1C(O)c1ccc(F)cc1C(F)(F)F. The number of aliphatic hydroxyl groups excluding tert-OH is 1. The molecule has 1 atom stereocenters. The number of hydrogen-bond donors (Lipinski definition) is 1. The van der Waals surface area contributed by atoms with Crippen molar-refractivity contribution in [1.82, 2.24) is 0 Å². The lowest BCUT2D eigenvalue weighted by Crippen LogP contribution is -2.14. The average molecular weight is 302 g/mol. The molecule has 2 aromatic rings. The number of benzene rings is 2. The summed E-state index contributed by atoms with van der Waals surface area (Å²) >= 11 is 0. The molecule has 2 aromatic carbocycles. The van der Waals surface area contributed by atoms with Gasteiger partial charge in [0.25, 0.3) is 0 Å². The number of aryl methyl sites for hydroxylation is 1. The Kier molecular flexibility index (Phi) is 4.00. The molecule has 2 rings (SSSR count). The highest BCUT2D eigenvalue weighted by molar-refractivity contribution is 5.40. The second-order valence-corrected chi connectivity index (χ2v) is 4.63. The third-order valence-electron chi connectivity index (χ3n) is 3.15. The van der Waals surface area contributed by atoms with Crippen LogP contribution in [0.25, 0.3) is 0 Å². The molecule has 0 aliphatic carbocycles. The van der Waals surface area contributed by atoms with E-state index >= 15 is 0 Å². The monoisotopic (exact) mass is 302 g/mol. The number of hydrogen-bond acceptors (Lipinski definition) is 1. The molecule has 0 saturated carbocycles. The Morgan fingerprint density at radius 1 is 0.905 bits per heavy atom. The minimum absolute atomic E-state index is 0.00658. The Bertz CT molecular complexity index is 664. The maximum atomic E-state index is 13.2. The lowest BCUT2D eigenvalue weighted by atomic mass is 9.93. The van der Waals surface area contributed by atoms with Crippen molar-refractivity contribution in [2.75, 3.05) is 0 Å². The van der Waals surface area contributed by atoms with Gasteiger partial charge in [0.2, 0.25) is 0 Å². The van der Waals surface area contributed by atoms with Crippen molar-refractivity contribution in [2.24, 2.45) is 0 Å². The summed E-state index contributed by atoms with van der Waals surface area (Å²) in [6.07, 6.45) is -6.52. The van der Waals surface area contributed by atoms with Gasteiger partial charge in [-0.15, -0.1) is 0 Å². The van der Waals surface area contributed by atoms with Crippen molar-refractivity contribution in [1.29, 1.82) is 0 Å². The lowest BCUT2D eigenvalue weighted by molar-refractivity contribution is -0.139. The highest BCUT2D eigenvalue weighted by Crippen LogP contribution is 2.37. The van der Waals surface area contributed by atoms with E-state index in [4.69, 9.17) is 0 Å². The summed E-state index contributed by atoms with van der Waals surface area (Å²) in [5.41, 5.74) is -1.36. The van der Waals surface area contributed by atoms with Crippen molar-refractivity contribution >= 4 is 0 Å². The molecule has 0 spiro atoms. The van der Waals surface area contributed by atoms with Crippen LogP contribution in [0.1, 0.15) is 28.4 Å². The van der Waals surface area contributed by atoms with Crippen LogP contribution in [0.3, 0.4) is 0 Å². The highest BCUT2D eigenvalue weighted by atomic mass is 19.4. The van der Waals surface area contributed by atoms with Gasteiger partial charge in [0.1, 0.15) is 17.7 Å². The molecular weight excluding hydrogens is 291 g/mol. The van der Waals surface area contributed by atoms with Crippen LogP contribution in [0.5, 0.6) is 0 Å². The molecule has 0 saturated heterocycles. The average Bonchev–Trinajstić information content (AvgIpc) is 2.40. The van der Waals surface area contributed by atoms with Crippen molar-refractivity contribution in [3.63, 3.8) is 0 Å². The zero-order valence-electron chi connectivity index (χ0n) is 10.9. The number of rotatable bonds is 2. The van der Waals surface area contributed by atoms with E-state index in [2.05, 4.69) is 0 Å². The second-order valence-electron chi connectivity index (χ2n) is 4.63. The molecule has 0 heterocycles. The van der Waals surface area contributed by atoms with Gasteiger partial charge in [-0.1, -0.05) is 12.1 Å². The molecule has 0 aliphatic heterocycles. The zero-order chi connectivity index (χ0) is 15.8. The lowest BCUT2D eigenvalue weighted by Gasteiger charge is -2.19. The Balaban J connectivity index is 2.58. The van der Waals surface area contributed by atoms with Crippen LogP contribution < -0.4 is 0 Å². The first kappa shape index (κ1) is 15.4. The number of aliphatic hydroxyl groups is 1. The second kappa shape index (κ2) is 5.44. The summed E-state index contributed by atoms with van der Waals surface area (Å²) in [4.78, 5) is 0. The smallest absolute Gasteiger partial charge is 0.384 e. The fourth-order valence-electron chi connectivity index (χ4n) is 2.09. The third kappa shape index (κ3) is 3.21. The molecular formula is C15H11F5O. The standard InChI is InChI=1S/C15H11F5O/c1-8-2-3-9(16)6-12(8)14(21)11-5-4-10(17)7-13(11)15(18,19)20/h2-7,14,21H,1H3. The Hall–Kier alpha value is -1.95. The van der Waals surface area contributed by atoms with E-state index in [1.165, 1.54) is 13.0 Å². The quantitative estimate of drug-likeness (QED) is 0.817.